The van der Waals surface area contributed by atoms with E-state index in [1.165, 1.54) is 0 Å². The van der Waals surface area contributed by atoms with E-state index in [0.29, 0.717) is 30.2 Å². The fourth-order valence-electron chi connectivity index (χ4n) is 3.24. The molecule has 164 valence electrons. The van der Waals surface area contributed by atoms with Crippen LogP contribution in [0.2, 0.25) is 0 Å². The summed E-state index contributed by atoms with van der Waals surface area (Å²) in [5, 5.41) is 5.45. The number of hydrogen-bond acceptors (Lipinski definition) is 5. The van der Waals surface area contributed by atoms with Crippen molar-refractivity contribution >= 4 is 12.0 Å². The van der Waals surface area contributed by atoms with E-state index in [0.717, 1.165) is 11.1 Å². The van der Waals surface area contributed by atoms with Crippen molar-refractivity contribution in [1.29, 1.82) is 0 Å². The van der Waals surface area contributed by atoms with E-state index < -0.39 is 12.0 Å². The highest BCUT2D eigenvalue weighted by atomic mass is 16.6. The van der Waals surface area contributed by atoms with Crippen LogP contribution in [0, 0.1) is 0 Å². The summed E-state index contributed by atoms with van der Waals surface area (Å²) < 4.78 is 16.7. The number of amides is 2. The molecule has 31 heavy (non-hydrogen) atoms. The lowest BCUT2D eigenvalue weighted by Crippen LogP contribution is -2.45. The molecule has 0 aliphatic carbocycles. The molecule has 2 N–H and O–H groups in total. The Morgan fingerprint density at radius 1 is 1.06 bits per heavy atom. The number of allylic oxidation sites excluding steroid dienone is 1. The number of ether oxygens (including phenoxy) is 3. The molecule has 0 spiro atoms. The van der Waals surface area contributed by atoms with Crippen LogP contribution < -0.4 is 15.4 Å². The van der Waals surface area contributed by atoms with Crippen molar-refractivity contribution in [3.63, 3.8) is 0 Å². The molecule has 7 nitrogen and oxygen atoms in total. The van der Waals surface area contributed by atoms with Gasteiger partial charge in [0, 0.05) is 5.70 Å². The van der Waals surface area contributed by atoms with Gasteiger partial charge in [-0.3, -0.25) is 0 Å². The summed E-state index contributed by atoms with van der Waals surface area (Å²) in [6, 6.07) is 16.1. The average molecular weight is 424 g/mol. The number of rotatable bonds is 9. The van der Waals surface area contributed by atoms with E-state index in [1.54, 1.807) is 6.92 Å². The number of hydrogen-bond donors (Lipinski definition) is 2. The first-order chi connectivity index (χ1) is 14.9. The molecule has 0 bridgehead atoms. The van der Waals surface area contributed by atoms with Crippen LogP contribution in [0.1, 0.15) is 37.9 Å². The number of nitrogens with one attached hydrogen (secondary N) is 2. The molecule has 0 radical (unpaired) electrons. The molecule has 2 aromatic rings. The normalized spacial score (nSPS) is 16.0. The van der Waals surface area contributed by atoms with Gasteiger partial charge in [0.2, 0.25) is 0 Å². The first-order valence-electron chi connectivity index (χ1n) is 10.3. The molecular weight excluding hydrogens is 396 g/mol. The second kappa shape index (κ2) is 10.6. The van der Waals surface area contributed by atoms with Crippen molar-refractivity contribution in [3.05, 3.63) is 77.0 Å². The van der Waals surface area contributed by atoms with Gasteiger partial charge in [-0.05, 0) is 44.0 Å². The standard InChI is InChI=1S/C24H28N2O5/c1-16(2)29-12-13-30-23(27)21-17(3)25-24(28)26-22(21)19-10-7-11-20(14-19)31-15-18-8-5-4-6-9-18/h4-11,14,16,22H,12-13,15H2,1-3H3,(H2,25,26,28)/t22-/m0/s1. The Hall–Kier alpha value is -3.32. The predicted molar refractivity (Wildman–Crippen MR) is 116 cm³/mol. The van der Waals surface area contributed by atoms with Crippen LogP contribution >= 0.6 is 0 Å². The second-order valence-corrected chi connectivity index (χ2v) is 7.47. The van der Waals surface area contributed by atoms with E-state index in [4.69, 9.17) is 14.2 Å². The van der Waals surface area contributed by atoms with Crippen LogP contribution in [0.4, 0.5) is 4.79 Å². The first kappa shape index (κ1) is 22.4. The van der Waals surface area contributed by atoms with Gasteiger partial charge < -0.3 is 24.8 Å². The van der Waals surface area contributed by atoms with Crippen LogP contribution in [0.25, 0.3) is 0 Å². The van der Waals surface area contributed by atoms with Crippen LogP contribution in [0.15, 0.2) is 65.9 Å². The average Bonchev–Trinajstić information content (AvgIpc) is 2.75. The molecule has 0 saturated heterocycles. The lowest BCUT2D eigenvalue weighted by molar-refractivity contribution is -0.141. The minimum atomic E-state index is -0.646. The molecule has 1 heterocycles. The van der Waals surface area contributed by atoms with Gasteiger partial charge in [-0.25, -0.2) is 9.59 Å². The lowest BCUT2D eigenvalue weighted by Gasteiger charge is -2.28. The summed E-state index contributed by atoms with van der Waals surface area (Å²) in [5.41, 5.74) is 2.58. The Labute approximate surface area is 182 Å². The largest absolute Gasteiger partial charge is 0.489 e. The molecule has 1 atom stereocenters. The zero-order valence-corrected chi connectivity index (χ0v) is 18.0. The Balaban J connectivity index is 1.74. The van der Waals surface area contributed by atoms with Crippen molar-refractivity contribution in [1.82, 2.24) is 10.6 Å². The van der Waals surface area contributed by atoms with Gasteiger partial charge in [0.05, 0.1) is 24.3 Å². The molecule has 1 aliphatic heterocycles. The topological polar surface area (TPSA) is 85.9 Å². The number of esters is 1. The Kier molecular flexibility index (Phi) is 7.67. The minimum absolute atomic E-state index is 0.0571. The highest BCUT2D eigenvalue weighted by Gasteiger charge is 2.32. The van der Waals surface area contributed by atoms with Crippen molar-refractivity contribution < 1.29 is 23.8 Å². The molecule has 0 saturated carbocycles. The van der Waals surface area contributed by atoms with E-state index in [9.17, 15) is 9.59 Å². The van der Waals surface area contributed by atoms with E-state index >= 15 is 0 Å². The van der Waals surface area contributed by atoms with Crippen molar-refractivity contribution in [2.75, 3.05) is 13.2 Å². The third-order valence-electron chi connectivity index (χ3n) is 4.70. The summed E-state index contributed by atoms with van der Waals surface area (Å²) in [5.74, 6) is 0.141. The molecule has 0 fully saturated rings. The SMILES string of the molecule is CC1=C(C(=O)OCCOC(C)C)[C@H](c2cccc(OCc3ccccc3)c2)NC(=O)N1. The number of carbonyl (C=O) groups is 2. The number of urea groups is 1. The van der Waals surface area contributed by atoms with Crippen LogP contribution in [0.3, 0.4) is 0 Å². The van der Waals surface area contributed by atoms with Gasteiger partial charge in [0.15, 0.2) is 0 Å². The zero-order valence-electron chi connectivity index (χ0n) is 18.0. The number of benzene rings is 2. The molecule has 1 aliphatic rings. The summed E-state index contributed by atoms with van der Waals surface area (Å²) in [7, 11) is 0. The van der Waals surface area contributed by atoms with Gasteiger partial charge in [-0.1, -0.05) is 42.5 Å². The Morgan fingerprint density at radius 3 is 2.58 bits per heavy atom. The fraction of sp³-hybridized carbons (Fsp3) is 0.333. The van der Waals surface area contributed by atoms with E-state index in [1.807, 2.05) is 68.4 Å². The summed E-state index contributed by atoms with van der Waals surface area (Å²) >= 11 is 0. The van der Waals surface area contributed by atoms with Gasteiger partial charge in [0.25, 0.3) is 0 Å². The second-order valence-electron chi connectivity index (χ2n) is 7.47. The van der Waals surface area contributed by atoms with E-state index in [-0.39, 0.29) is 18.7 Å². The molecule has 0 aromatic heterocycles. The molecule has 3 rings (SSSR count). The highest BCUT2D eigenvalue weighted by Crippen LogP contribution is 2.30. The first-order valence-corrected chi connectivity index (χ1v) is 10.3. The smallest absolute Gasteiger partial charge is 0.338 e. The summed E-state index contributed by atoms with van der Waals surface area (Å²) in [6.45, 7) is 6.37. The zero-order chi connectivity index (χ0) is 22.2. The summed E-state index contributed by atoms with van der Waals surface area (Å²) in [6.07, 6.45) is 0.0571. The lowest BCUT2D eigenvalue weighted by atomic mass is 9.95. The molecule has 0 unspecified atom stereocenters. The van der Waals surface area contributed by atoms with Gasteiger partial charge in [-0.15, -0.1) is 0 Å². The van der Waals surface area contributed by atoms with Gasteiger partial charge in [-0.2, -0.15) is 0 Å². The van der Waals surface area contributed by atoms with Gasteiger partial charge >= 0.3 is 12.0 Å². The van der Waals surface area contributed by atoms with Crippen LogP contribution in [0.5, 0.6) is 5.75 Å². The minimum Gasteiger partial charge on any atom is -0.489 e. The van der Waals surface area contributed by atoms with Gasteiger partial charge in [0.1, 0.15) is 19.0 Å². The maximum Gasteiger partial charge on any atom is 0.338 e. The maximum absolute atomic E-state index is 12.8. The number of carbonyl (C=O) groups excluding carboxylic acids is 2. The van der Waals surface area contributed by atoms with Crippen molar-refractivity contribution in [3.8, 4) is 5.75 Å². The molecule has 2 amide bonds. The predicted octanol–water partition coefficient (Wildman–Crippen LogP) is 3.86. The van der Waals surface area contributed by atoms with Crippen LogP contribution in [-0.2, 0) is 20.9 Å². The van der Waals surface area contributed by atoms with Crippen LogP contribution in [-0.4, -0.2) is 31.3 Å². The third kappa shape index (κ3) is 6.33. The Bertz CT molecular complexity index is 940. The van der Waals surface area contributed by atoms with E-state index in [2.05, 4.69) is 10.6 Å². The Morgan fingerprint density at radius 2 is 1.84 bits per heavy atom. The molecule has 7 heteroatoms. The monoisotopic (exact) mass is 424 g/mol. The van der Waals surface area contributed by atoms with Crippen molar-refractivity contribution in [2.45, 2.75) is 39.5 Å². The highest BCUT2D eigenvalue weighted by molar-refractivity contribution is 5.95. The van der Waals surface area contributed by atoms with Crippen molar-refractivity contribution in [2.24, 2.45) is 0 Å². The molecule has 2 aromatic carbocycles. The third-order valence-corrected chi connectivity index (χ3v) is 4.70. The quantitative estimate of drug-likeness (QED) is 0.472. The summed E-state index contributed by atoms with van der Waals surface area (Å²) in [4.78, 5) is 24.9. The maximum atomic E-state index is 12.8. The fourth-order valence-corrected chi connectivity index (χ4v) is 3.24. The molecular formula is C24H28N2O5.